The van der Waals surface area contributed by atoms with Crippen LogP contribution in [0.15, 0.2) is 48.7 Å². The van der Waals surface area contributed by atoms with Gasteiger partial charge in [0.2, 0.25) is 0 Å². The SMILES string of the molecule is N#Cc1ccccc1NC1CCN(c2ccccn2)CC1. The minimum Gasteiger partial charge on any atom is -0.381 e. The van der Waals surface area contributed by atoms with Crippen LogP contribution >= 0.6 is 0 Å². The number of hydrogen-bond acceptors (Lipinski definition) is 4. The minimum atomic E-state index is 0.416. The summed E-state index contributed by atoms with van der Waals surface area (Å²) in [5, 5.41) is 12.6. The molecule has 0 spiro atoms. The second kappa shape index (κ2) is 6.27. The molecule has 4 heteroatoms. The number of nitrogens with zero attached hydrogens (tertiary/aromatic N) is 3. The number of benzene rings is 1. The van der Waals surface area contributed by atoms with E-state index in [4.69, 9.17) is 5.26 Å². The topological polar surface area (TPSA) is 52.0 Å². The first-order chi connectivity index (χ1) is 10.4. The molecule has 21 heavy (non-hydrogen) atoms. The van der Waals surface area contributed by atoms with Crippen molar-refractivity contribution in [3.05, 3.63) is 54.2 Å². The molecule has 0 saturated carbocycles. The Morgan fingerprint density at radius 3 is 2.57 bits per heavy atom. The summed E-state index contributed by atoms with van der Waals surface area (Å²) in [6.45, 7) is 1.98. The van der Waals surface area contributed by atoms with Crippen molar-refractivity contribution in [3.63, 3.8) is 0 Å². The predicted octanol–water partition coefficient (Wildman–Crippen LogP) is 3.03. The van der Waals surface area contributed by atoms with Gasteiger partial charge in [-0.3, -0.25) is 0 Å². The number of nitrogens with one attached hydrogen (secondary N) is 1. The fourth-order valence-corrected chi connectivity index (χ4v) is 2.72. The largest absolute Gasteiger partial charge is 0.381 e. The molecule has 0 atom stereocenters. The van der Waals surface area contributed by atoms with Crippen LogP contribution in [0.3, 0.4) is 0 Å². The first-order valence-electron chi connectivity index (χ1n) is 7.28. The summed E-state index contributed by atoms with van der Waals surface area (Å²) in [5.74, 6) is 1.05. The fraction of sp³-hybridized carbons (Fsp3) is 0.294. The van der Waals surface area contributed by atoms with Gasteiger partial charge in [-0.05, 0) is 37.1 Å². The number of para-hydroxylation sites is 1. The summed E-state index contributed by atoms with van der Waals surface area (Å²) in [4.78, 5) is 6.72. The summed E-state index contributed by atoms with van der Waals surface area (Å²) in [7, 11) is 0. The van der Waals surface area contributed by atoms with Gasteiger partial charge in [0.1, 0.15) is 11.9 Å². The highest BCUT2D eigenvalue weighted by atomic mass is 15.2. The summed E-state index contributed by atoms with van der Waals surface area (Å²) in [6.07, 6.45) is 3.94. The van der Waals surface area contributed by atoms with Crippen LogP contribution in [0.25, 0.3) is 0 Å². The number of piperidine rings is 1. The number of pyridine rings is 1. The molecule has 1 N–H and O–H groups in total. The molecule has 2 aromatic rings. The van der Waals surface area contributed by atoms with Gasteiger partial charge in [-0.1, -0.05) is 18.2 Å². The third kappa shape index (κ3) is 3.14. The van der Waals surface area contributed by atoms with Gasteiger partial charge < -0.3 is 10.2 Å². The molecular formula is C17H18N4. The number of rotatable bonds is 3. The first-order valence-corrected chi connectivity index (χ1v) is 7.28. The molecule has 0 aliphatic carbocycles. The molecular weight excluding hydrogens is 260 g/mol. The summed E-state index contributed by atoms with van der Waals surface area (Å²) in [5.41, 5.74) is 1.65. The Kier molecular flexibility index (Phi) is 4.02. The molecule has 1 saturated heterocycles. The average molecular weight is 278 g/mol. The van der Waals surface area contributed by atoms with E-state index in [0.717, 1.165) is 37.4 Å². The molecule has 1 aliphatic heterocycles. The van der Waals surface area contributed by atoms with E-state index in [-0.39, 0.29) is 0 Å². The molecule has 2 heterocycles. The van der Waals surface area contributed by atoms with Crippen molar-refractivity contribution in [2.75, 3.05) is 23.3 Å². The van der Waals surface area contributed by atoms with Crippen molar-refractivity contribution in [2.45, 2.75) is 18.9 Å². The zero-order chi connectivity index (χ0) is 14.5. The Labute approximate surface area is 125 Å². The molecule has 1 fully saturated rings. The van der Waals surface area contributed by atoms with E-state index in [2.05, 4.69) is 27.3 Å². The molecule has 0 bridgehead atoms. The van der Waals surface area contributed by atoms with Crippen LogP contribution in [0, 0.1) is 11.3 Å². The molecule has 0 amide bonds. The molecule has 1 aromatic carbocycles. The highest BCUT2D eigenvalue weighted by Crippen LogP contribution is 2.22. The van der Waals surface area contributed by atoms with Crippen LogP contribution in [0.5, 0.6) is 0 Å². The predicted molar refractivity (Wildman–Crippen MR) is 84.3 cm³/mol. The highest BCUT2D eigenvalue weighted by molar-refractivity contribution is 5.57. The van der Waals surface area contributed by atoms with Crippen molar-refractivity contribution < 1.29 is 0 Å². The lowest BCUT2D eigenvalue weighted by Crippen LogP contribution is -2.39. The van der Waals surface area contributed by atoms with Gasteiger partial charge in [-0.2, -0.15) is 5.26 Å². The van der Waals surface area contributed by atoms with Crippen molar-refractivity contribution in [3.8, 4) is 6.07 Å². The second-order valence-electron chi connectivity index (χ2n) is 5.25. The van der Waals surface area contributed by atoms with Crippen LogP contribution in [0.1, 0.15) is 18.4 Å². The van der Waals surface area contributed by atoms with Crippen LogP contribution in [-0.4, -0.2) is 24.1 Å². The van der Waals surface area contributed by atoms with Crippen molar-refractivity contribution in [1.82, 2.24) is 4.98 Å². The van der Waals surface area contributed by atoms with Crippen molar-refractivity contribution >= 4 is 11.5 Å². The summed E-state index contributed by atoms with van der Waals surface area (Å²) in [6, 6.07) is 16.4. The lowest BCUT2D eigenvalue weighted by Gasteiger charge is -2.33. The maximum Gasteiger partial charge on any atom is 0.128 e. The van der Waals surface area contributed by atoms with E-state index in [1.807, 2.05) is 42.6 Å². The van der Waals surface area contributed by atoms with Crippen molar-refractivity contribution in [2.24, 2.45) is 0 Å². The van der Waals surface area contributed by atoms with Gasteiger partial charge in [0.15, 0.2) is 0 Å². The molecule has 1 aromatic heterocycles. The van der Waals surface area contributed by atoms with E-state index in [1.165, 1.54) is 0 Å². The third-order valence-electron chi connectivity index (χ3n) is 3.88. The van der Waals surface area contributed by atoms with Gasteiger partial charge in [0, 0.05) is 25.3 Å². The minimum absolute atomic E-state index is 0.416. The molecule has 0 radical (unpaired) electrons. The maximum absolute atomic E-state index is 9.13. The van der Waals surface area contributed by atoms with Gasteiger partial charge in [-0.25, -0.2) is 4.98 Å². The summed E-state index contributed by atoms with van der Waals surface area (Å²) < 4.78 is 0. The van der Waals surface area contributed by atoms with Gasteiger partial charge in [-0.15, -0.1) is 0 Å². The number of hydrogen-bond donors (Lipinski definition) is 1. The van der Waals surface area contributed by atoms with Gasteiger partial charge >= 0.3 is 0 Å². The third-order valence-corrected chi connectivity index (χ3v) is 3.88. The van der Waals surface area contributed by atoms with E-state index in [9.17, 15) is 0 Å². The van der Waals surface area contributed by atoms with Crippen LogP contribution < -0.4 is 10.2 Å². The zero-order valence-electron chi connectivity index (χ0n) is 11.9. The highest BCUT2D eigenvalue weighted by Gasteiger charge is 2.20. The lowest BCUT2D eigenvalue weighted by atomic mass is 10.0. The molecule has 106 valence electrons. The van der Waals surface area contributed by atoms with Crippen LogP contribution in [0.4, 0.5) is 11.5 Å². The standard InChI is InChI=1S/C17H18N4/c18-13-14-5-1-2-6-16(14)20-15-8-11-21(12-9-15)17-7-3-4-10-19-17/h1-7,10,15,20H,8-9,11-12H2. The Balaban J connectivity index is 1.60. The molecule has 1 aliphatic rings. The number of nitriles is 1. The Bertz CT molecular complexity index is 625. The van der Waals surface area contributed by atoms with Crippen molar-refractivity contribution in [1.29, 1.82) is 5.26 Å². The second-order valence-corrected chi connectivity index (χ2v) is 5.25. The van der Waals surface area contributed by atoms with Crippen LogP contribution in [-0.2, 0) is 0 Å². The Morgan fingerprint density at radius 1 is 1.10 bits per heavy atom. The first kappa shape index (κ1) is 13.4. The monoisotopic (exact) mass is 278 g/mol. The number of aromatic nitrogens is 1. The quantitative estimate of drug-likeness (QED) is 0.937. The average Bonchev–Trinajstić information content (AvgIpc) is 2.57. The van der Waals surface area contributed by atoms with E-state index >= 15 is 0 Å². The van der Waals surface area contributed by atoms with E-state index in [0.29, 0.717) is 11.6 Å². The zero-order valence-corrected chi connectivity index (χ0v) is 11.9. The molecule has 0 unspecified atom stereocenters. The van der Waals surface area contributed by atoms with Crippen LogP contribution in [0.2, 0.25) is 0 Å². The molecule has 3 rings (SSSR count). The Hall–Kier alpha value is -2.54. The lowest BCUT2D eigenvalue weighted by molar-refractivity contribution is 0.523. The number of anilines is 2. The van der Waals surface area contributed by atoms with E-state index in [1.54, 1.807) is 0 Å². The smallest absolute Gasteiger partial charge is 0.128 e. The maximum atomic E-state index is 9.13. The van der Waals surface area contributed by atoms with E-state index < -0.39 is 0 Å². The normalized spacial score (nSPS) is 15.5. The van der Waals surface area contributed by atoms with Gasteiger partial charge in [0.05, 0.1) is 11.3 Å². The van der Waals surface area contributed by atoms with Gasteiger partial charge in [0.25, 0.3) is 0 Å². The summed E-state index contributed by atoms with van der Waals surface area (Å²) >= 11 is 0. The Morgan fingerprint density at radius 2 is 1.86 bits per heavy atom. The fourth-order valence-electron chi connectivity index (χ4n) is 2.72. The molecule has 4 nitrogen and oxygen atoms in total.